The maximum atomic E-state index is 4.50. The van der Waals surface area contributed by atoms with Gasteiger partial charge < -0.3 is 10.2 Å². The first-order valence-electron chi connectivity index (χ1n) is 6.75. The molecule has 0 amide bonds. The Labute approximate surface area is 127 Å². The molecule has 1 N–H and O–H groups in total. The van der Waals surface area contributed by atoms with Crippen LogP contribution >= 0.6 is 15.9 Å². The Bertz CT molecular complexity index is 579. The zero-order valence-electron chi connectivity index (χ0n) is 11.4. The van der Waals surface area contributed by atoms with Gasteiger partial charge in [-0.15, -0.1) is 0 Å². The number of nitrogens with zero attached hydrogens (tertiary/aromatic N) is 3. The van der Waals surface area contributed by atoms with Crippen molar-refractivity contribution in [3.8, 4) is 11.1 Å². The molecule has 1 fully saturated rings. The number of anilines is 1. The molecule has 1 unspecified atom stereocenters. The van der Waals surface area contributed by atoms with Crippen molar-refractivity contribution in [1.82, 2.24) is 15.3 Å². The molecule has 4 nitrogen and oxygen atoms in total. The van der Waals surface area contributed by atoms with Gasteiger partial charge in [-0.2, -0.15) is 0 Å². The molecule has 1 saturated heterocycles. The summed E-state index contributed by atoms with van der Waals surface area (Å²) in [6, 6.07) is 8.66. The number of likely N-dealkylation sites (N-methyl/N-ethyl adjacent to an activating group) is 1. The summed E-state index contributed by atoms with van der Waals surface area (Å²) in [5, 5.41) is 3.36. The second kappa shape index (κ2) is 5.89. The summed E-state index contributed by atoms with van der Waals surface area (Å²) in [4.78, 5) is 11.2. The third-order valence-corrected chi connectivity index (χ3v) is 4.19. The molecule has 5 heteroatoms. The summed E-state index contributed by atoms with van der Waals surface area (Å²) in [6.07, 6.45) is 4.93. The van der Waals surface area contributed by atoms with Crippen molar-refractivity contribution in [2.75, 3.05) is 25.0 Å². The van der Waals surface area contributed by atoms with Crippen LogP contribution in [-0.4, -0.2) is 36.1 Å². The first-order chi connectivity index (χ1) is 9.74. The van der Waals surface area contributed by atoms with Gasteiger partial charge in [0, 0.05) is 42.1 Å². The molecule has 1 aromatic heterocycles. The Morgan fingerprint density at radius 2 is 2.05 bits per heavy atom. The van der Waals surface area contributed by atoms with Crippen molar-refractivity contribution in [3.05, 3.63) is 41.1 Å². The van der Waals surface area contributed by atoms with Gasteiger partial charge in [0.2, 0.25) is 5.95 Å². The van der Waals surface area contributed by atoms with Crippen molar-refractivity contribution in [2.24, 2.45) is 0 Å². The van der Waals surface area contributed by atoms with E-state index in [1.165, 1.54) is 0 Å². The Kier molecular flexibility index (Phi) is 3.98. The van der Waals surface area contributed by atoms with Crippen LogP contribution in [0.3, 0.4) is 0 Å². The highest BCUT2D eigenvalue weighted by Crippen LogP contribution is 2.23. The first kappa shape index (κ1) is 13.5. The standard InChI is InChI=1S/C15H17BrN4/c1-20(14-5-6-17-10-14)15-18-8-12(9-19-15)11-3-2-4-13(16)7-11/h2-4,7-9,14,17H,5-6,10H2,1H3. The number of aromatic nitrogens is 2. The number of hydrogen-bond donors (Lipinski definition) is 1. The van der Waals surface area contributed by atoms with Gasteiger partial charge in [0.05, 0.1) is 0 Å². The van der Waals surface area contributed by atoms with E-state index < -0.39 is 0 Å². The fraction of sp³-hybridized carbons (Fsp3) is 0.333. The normalized spacial score (nSPS) is 18.2. The van der Waals surface area contributed by atoms with Crippen molar-refractivity contribution >= 4 is 21.9 Å². The lowest BCUT2D eigenvalue weighted by molar-refractivity contribution is 0.668. The molecule has 0 radical (unpaired) electrons. The van der Waals surface area contributed by atoms with Crippen LogP contribution in [0.5, 0.6) is 0 Å². The molecule has 1 aliphatic heterocycles. The number of nitrogens with one attached hydrogen (secondary N) is 1. The molecule has 1 aromatic carbocycles. The molecule has 0 bridgehead atoms. The third kappa shape index (κ3) is 2.83. The molecular formula is C15H17BrN4. The minimum atomic E-state index is 0.492. The highest BCUT2D eigenvalue weighted by molar-refractivity contribution is 9.10. The summed E-state index contributed by atoms with van der Waals surface area (Å²) in [6.45, 7) is 2.08. The van der Waals surface area contributed by atoms with Gasteiger partial charge in [0.15, 0.2) is 0 Å². The molecule has 0 aliphatic carbocycles. The lowest BCUT2D eigenvalue weighted by Crippen LogP contribution is -2.34. The van der Waals surface area contributed by atoms with Gasteiger partial charge in [0.25, 0.3) is 0 Å². The molecule has 3 rings (SSSR count). The van der Waals surface area contributed by atoms with E-state index in [0.29, 0.717) is 6.04 Å². The van der Waals surface area contributed by atoms with E-state index in [1.807, 2.05) is 24.5 Å². The highest BCUT2D eigenvalue weighted by Gasteiger charge is 2.20. The smallest absolute Gasteiger partial charge is 0.225 e. The van der Waals surface area contributed by atoms with E-state index >= 15 is 0 Å². The van der Waals surface area contributed by atoms with Crippen molar-refractivity contribution in [3.63, 3.8) is 0 Å². The summed E-state index contributed by atoms with van der Waals surface area (Å²) in [5.41, 5.74) is 2.16. The Balaban J connectivity index is 1.80. The van der Waals surface area contributed by atoms with E-state index in [4.69, 9.17) is 0 Å². The van der Waals surface area contributed by atoms with Crippen LogP contribution in [-0.2, 0) is 0 Å². The predicted molar refractivity (Wildman–Crippen MR) is 84.8 cm³/mol. The van der Waals surface area contributed by atoms with Gasteiger partial charge in [-0.25, -0.2) is 9.97 Å². The fourth-order valence-electron chi connectivity index (χ4n) is 2.45. The average molecular weight is 333 g/mol. The fourth-order valence-corrected chi connectivity index (χ4v) is 2.85. The molecule has 1 atom stereocenters. The Morgan fingerprint density at radius 3 is 2.70 bits per heavy atom. The first-order valence-corrected chi connectivity index (χ1v) is 7.55. The minimum Gasteiger partial charge on any atom is -0.340 e. The molecule has 0 saturated carbocycles. The molecule has 2 aromatic rings. The molecule has 1 aliphatic rings. The number of hydrogen-bond acceptors (Lipinski definition) is 4. The van der Waals surface area contributed by atoms with E-state index in [-0.39, 0.29) is 0 Å². The van der Waals surface area contributed by atoms with Crippen molar-refractivity contribution < 1.29 is 0 Å². The van der Waals surface area contributed by atoms with E-state index in [1.54, 1.807) is 0 Å². The Morgan fingerprint density at radius 1 is 1.25 bits per heavy atom. The molecule has 0 spiro atoms. The van der Waals surface area contributed by atoms with Crippen LogP contribution in [0.2, 0.25) is 0 Å². The molecule has 104 valence electrons. The zero-order valence-corrected chi connectivity index (χ0v) is 13.0. The molecule has 20 heavy (non-hydrogen) atoms. The van der Waals surface area contributed by atoms with Gasteiger partial charge in [-0.1, -0.05) is 28.1 Å². The van der Waals surface area contributed by atoms with Crippen LogP contribution < -0.4 is 10.2 Å². The quantitative estimate of drug-likeness (QED) is 0.938. The Hall–Kier alpha value is -1.46. The summed E-state index contributed by atoms with van der Waals surface area (Å²) in [5.74, 6) is 0.789. The second-order valence-electron chi connectivity index (χ2n) is 5.04. The summed E-state index contributed by atoms with van der Waals surface area (Å²) >= 11 is 3.49. The summed E-state index contributed by atoms with van der Waals surface area (Å²) in [7, 11) is 2.06. The number of halogens is 1. The maximum Gasteiger partial charge on any atom is 0.225 e. The lowest BCUT2D eigenvalue weighted by atomic mass is 10.1. The van der Waals surface area contributed by atoms with Gasteiger partial charge in [-0.3, -0.25) is 0 Å². The van der Waals surface area contributed by atoms with Crippen LogP contribution in [0.1, 0.15) is 6.42 Å². The summed E-state index contributed by atoms with van der Waals surface area (Å²) < 4.78 is 1.06. The van der Waals surface area contributed by atoms with E-state index in [9.17, 15) is 0 Å². The third-order valence-electron chi connectivity index (χ3n) is 3.69. The average Bonchev–Trinajstić information content (AvgIpc) is 3.01. The van der Waals surface area contributed by atoms with E-state index in [0.717, 1.165) is 41.1 Å². The highest BCUT2D eigenvalue weighted by atomic mass is 79.9. The molecular weight excluding hydrogens is 316 g/mol. The van der Waals surface area contributed by atoms with Crippen LogP contribution in [0.25, 0.3) is 11.1 Å². The minimum absolute atomic E-state index is 0.492. The number of benzene rings is 1. The lowest BCUT2D eigenvalue weighted by Gasteiger charge is -2.23. The van der Waals surface area contributed by atoms with Crippen molar-refractivity contribution in [2.45, 2.75) is 12.5 Å². The number of rotatable bonds is 3. The van der Waals surface area contributed by atoms with Crippen LogP contribution in [0.4, 0.5) is 5.95 Å². The SMILES string of the molecule is CN(c1ncc(-c2cccc(Br)c2)cn1)C1CCNC1. The zero-order chi connectivity index (χ0) is 13.9. The monoisotopic (exact) mass is 332 g/mol. The van der Waals surface area contributed by atoms with Gasteiger partial charge in [-0.05, 0) is 30.7 Å². The van der Waals surface area contributed by atoms with Crippen LogP contribution in [0.15, 0.2) is 41.1 Å². The van der Waals surface area contributed by atoms with Crippen LogP contribution in [0, 0.1) is 0 Å². The predicted octanol–water partition coefficient (Wildman–Crippen LogP) is 2.70. The van der Waals surface area contributed by atoms with Gasteiger partial charge in [0.1, 0.15) is 0 Å². The topological polar surface area (TPSA) is 41.1 Å². The van der Waals surface area contributed by atoms with E-state index in [2.05, 4.69) is 55.3 Å². The molecule has 2 heterocycles. The largest absolute Gasteiger partial charge is 0.340 e. The van der Waals surface area contributed by atoms with Crippen molar-refractivity contribution in [1.29, 1.82) is 0 Å². The second-order valence-corrected chi connectivity index (χ2v) is 5.96. The van der Waals surface area contributed by atoms with Gasteiger partial charge >= 0.3 is 0 Å². The maximum absolute atomic E-state index is 4.50.